The molecule has 20 nitrogen and oxygen atoms in total. The Morgan fingerprint density at radius 3 is 0.690 bits per heavy atom. The van der Waals surface area contributed by atoms with E-state index in [0.29, 0.717) is 0 Å². The third-order valence-corrected chi connectivity index (χ3v) is 7.39. The minimum atomic E-state index is -1.22. The second kappa shape index (κ2) is 17.9. The molecule has 20 heteroatoms. The summed E-state index contributed by atoms with van der Waals surface area (Å²) in [6.07, 6.45) is 0. The molecule has 6 aromatic rings. The highest BCUT2D eigenvalue weighted by Gasteiger charge is 2.14. The van der Waals surface area contributed by atoms with E-state index in [1.807, 2.05) is 0 Å². The number of carboxylic acids is 2. The minimum Gasteiger partial charge on any atom is -0.478 e. The van der Waals surface area contributed by atoms with Gasteiger partial charge in [-0.3, -0.25) is 40.5 Å². The smallest absolute Gasteiger partial charge is 0.335 e. The van der Waals surface area contributed by atoms with Gasteiger partial charge in [0.15, 0.2) is 0 Å². The summed E-state index contributed by atoms with van der Waals surface area (Å²) in [4.78, 5) is 63.4. The maximum atomic E-state index is 11.4. The Labute approximate surface area is 323 Å². The standard InChI is InChI=1S/2C19H12N2O8/c2*22-19(23)12-9-17(28-15-5-1-13(2-6-15)20(24)25)11-18(10-12)29-16-7-3-14(4-8-16)21(26)27/h2*1-11H,(H,22,23). The number of benzene rings is 6. The molecule has 0 atom stereocenters. The van der Waals surface area contributed by atoms with Gasteiger partial charge in [-0.05, 0) is 72.8 Å². The molecule has 0 fully saturated rings. The molecular formula is C38H24N4O16. The van der Waals surface area contributed by atoms with Crippen LogP contribution in [0.15, 0.2) is 133 Å². The Morgan fingerprint density at radius 2 is 0.534 bits per heavy atom. The van der Waals surface area contributed by atoms with Crippen molar-refractivity contribution < 1.29 is 58.4 Å². The van der Waals surface area contributed by atoms with Gasteiger partial charge in [0, 0.05) is 60.7 Å². The first-order valence-electron chi connectivity index (χ1n) is 16.1. The van der Waals surface area contributed by atoms with Gasteiger partial charge in [-0.15, -0.1) is 0 Å². The SMILES string of the molecule is O=C(O)c1cc(Oc2ccc([N+](=O)[O-])cc2)cc(Oc2ccc([N+](=O)[O-])cc2)c1.O=C(O)c1cc(Oc2ccc([N+](=O)[O-])cc2)cc(Oc2ccc([N+](=O)[O-])cc2)c1. The lowest BCUT2D eigenvalue weighted by Crippen LogP contribution is -1.98. The molecule has 2 N–H and O–H groups in total. The number of nitro benzene ring substituents is 4. The van der Waals surface area contributed by atoms with Crippen LogP contribution in [0.3, 0.4) is 0 Å². The second-order valence-corrected chi connectivity index (χ2v) is 11.4. The van der Waals surface area contributed by atoms with Gasteiger partial charge < -0.3 is 29.2 Å². The Morgan fingerprint density at radius 1 is 0.345 bits per heavy atom. The average molecular weight is 793 g/mol. The molecule has 292 valence electrons. The Bertz CT molecular complexity index is 2180. The van der Waals surface area contributed by atoms with Gasteiger partial charge >= 0.3 is 11.9 Å². The van der Waals surface area contributed by atoms with Crippen LogP contribution in [-0.4, -0.2) is 41.8 Å². The Hall–Kier alpha value is -8.94. The quantitative estimate of drug-likeness (QED) is 0.0766. The molecule has 0 amide bonds. The summed E-state index contributed by atoms with van der Waals surface area (Å²) in [7, 11) is 0. The first-order chi connectivity index (χ1) is 27.6. The fourth-order valence-electron chi connectivity index (χ4n) is 4.71. The molecule has 0 aliphatic rings. The monoisotopic (exact) mass is 792 g/mol. The number of aromatic carboxylic acids is 2. The maximum absolute atomic E-state index is 11.4. The van der Waals surface area contributed by atoms with Crippen molar-refractivity contribution in [3.8, 4) is 46.0 Å². The van der Waals surface area contributed by atoms with E-state index >= 15 is 0 Å². The number of nitro groups is 4. The van der Waals surface area contributed by atoms with Crippen LogP contribution >= 0.6 is 0 Å². The first kappa shape index (κ1) is 40.2. The van der Waals surface area contributed by atoms with Crippen molar-refractivity contribution >= 4 is 34.7 Å². The maximum Gasteiger partial charge on any atom is 0.335 e. The first-order valence-corrected chi connectivity index (χ1v) is 16.1. The van der Waals surface area contributed by atoms with Gasteiger partial charge in [0.25, 0.3) is 22.7 Å². The number of ether oxygens (including phenoxy) is 4. The molecule has 0 saturated carbocycles. The van der Waals surface area contributed by atoms with Crippen LogP contribution in [0.2, 0.25) is 0 Å². The van der Waals surface area contributed by atoms with Crippen LogP contribution in [0.4, 0.5) is 22.7 Å². The van der Waals surface area contributed by atoms with E-state index in [0.717, 1.165) is 0 Å². The van der Waals surface area contributed by atoms with Gasteiger partial charge in [0.05, 0.1) is 30.8 Å². The van der Waals surface area contributed by atoms with Gasteiger partial charge in [-0.1, -0.05) is 0 Å². The molecule has 0 saturated heterocycles. The van der Waals surface area contributed by atoms with E-state index in [1.54, 1.807) is 0 Å². The summed E-state index contributed by atoms with van der Waals surface area (Å²) in [6, 6.07) is 29.0. The van der Waals surface area contributed by atoms with Crippen molar-refractivity contribution in [2.75, 3.05) is 0 Å². The van der Waals surface area contributed by atoms with Crippen molar-refractivity contribution in [1.29, 1.82) is 0 Å². The number of nitrogens with zero attached hydrogens (tertiary/aromatic N) is 4. The molecule has 0 bridgehead atoms. The molecule has 58 heavy (non-hydrogen) atoms. The molecule has 0 unspecified atom stereocenters. The van der Waals surface area contributed by atoms with Crippen molar-refractivity contribution in [2.45, 2.75) is 0 Å². The third kappa shape index (κ3) is 11.0. The van der Waals surface area contributed by atoms with Crippen LogP contribution < -0.4 is 18.9 Å². The molecule has 0 aromatic heterocycles. The number of rotatable bonds is 14. The number of non-ortho nitro benzene ring substituents is 4. The Balaban J connectivity index is 0.000000221. The van der Waals surface area contributed by atoms with E-state index in [9.17, 15) is 60.3 Å². The molecule has 0 aliphatic heterocycles. The number of carboxylic acid groups (broad SMARTS) is 2. The molecule has 0 radical (unpaired) electrons. The fraction of sp³-hybridized carbons (Fsp3) is 0. The highest BCUT2D eigenvalue weighted by atomic mass is 16.6. The van der Waals surface area contributed by atoms with Crippen LogP contribution in [0.1, 0.15) is 20.7 Å². The summed E-state index contributed by atoms with van der Waals surface area (Å²) in [5.74, 6) is -0.837. The third-order valence-electron chi connectivity index (χ3n) is 7.39. The molecule has 0 heterocycles. The van der Waals surface area contributed by atoms with Gasteiger partial charge in [-0.2, -0.15) is 0 Å². The predicted molar refractivity (Wildman–Crippen MR) is 199 cm³/mol. The van der Waals surface area contributed by atoms with Crippen LogP contribution in [-0.2, 0) is 0 Å². The number of carbonyl (C=O) groups is 2. The normalized spacial score (nSPS) is 10.2. The summed E-state index contributed by atoms with van der Waals surface area (Å²) < 4.78 is 22.3. The molecular weight excluding hydrogens is 768 g/mol. The fourth-order valence-corrected chi connectivity index (χ4v) is 4.71. The highest BCUT2D eigenvalue weighted by Crippen LogP contribution is 2.33. The Kier molecular flexibility index (Phi) is 12.4. The minimum absolute atomic E-state index is 0.110. The lowest BCUT2D eigenvalue weighted by molar-refractivity contribution is -0.385. The number of hydrogen-bond acceptors (Lipinski definition) is 14. The van der Waals surface area contributed by atoms with Gasteiger partial charge in [-0.25, -0.2) is 9.59 Å². The van der Waals surface area contributed by atoms with Gasteiger partial charge in [0.1, 0.15) is 46.0 Å². The largest absolute Gasteiger partial charge is 0.478 e. The summed E-state index contributed by atoms with van der Waals surface area (Å²) >= 11 is 0. The van der Waals surface area contributed by atoms with E-state index < -0.39 is 31.6 Å². The summed E-state index contributed by atoms with van der Waals surface area (Å²) in [6.45, 7) is 0. The zero-order valence-corrected chi connectivity index (χ0v) is 29.1. The highest BCUT2D eigenvalue weighted by molar-refractivity contribution is 5.89. The van der Waals surface area contributed by atoms with Crippen molar-refractivity contribution in [1.82, 2.24) is 0 Å². The molecule has 0 aliphatic carbocycles. The zero-order valence-electron chi connectivity index (χ0n) is 29.1. The molecule has 6 rings (SSSR count). The van der Waals surface area contributed by atoms with Gasteiger partial charge in [0.2, 0.25) is 0 Å². The van der Waals surface area contributed by atoms with Crippen molar-refractivity contribution in [3.05, 3.63) is 185 Å². The van der Waals surface area contributed by atoms with Crippen molar-refractivity contribution in [3.63, 3.8) is 0 Å². The molecule has 6 aromatic carbocycles. The summed E-state index contributed by atoms with van der Waals surface area (Å²) in [5.41, 5.74) is -0.669. The predicted octanol–water partition coefficient (Wildman–Crippen LogP) is 9.57. The summed E-state index contributed by atoms with van der Waals surface area (Å²) in [5, 5.41) is 61.4. The number of hydrogen-bond donors (Lipinski definition) is 2. The van der Waals surface area contributed by atoms with E-state index in [1.165, 1.54) is 133 Å². The van der Waals surface area contributed by atoms with E-state index in [2.05, 4.69) is 0 Å². The van der Waals surface area contributed by atoms with Crippen LogP contribution in [0.25, 0.3) is 0 Å². The van der Waals surface area contributed by atoms with Crippen molar-refractivity contribution in [2.24, 2.45) is 0 Å². The lowest BCUT2D eigenvalue weighted by atomic mass is 10.2. The lowest BCUT2D eigenvalue weighted by Gasteiger charge is -2.11. The zero-order chi connectivity index (χ0) is 41.9. The molecule has 0 spiro atoms. The van der Waals surface area contributed by atoms with E-state index in [4.69, 9.17) is 18.9 Å². The van der Waals surface area contributed by atoms with Crippen LogP contribution in [0, 0.1) is 40.5 Å². The van der Waals surface area contributed by atoms with E-state index in [-0.39, 0.29) is 79.9 Å². The second-order valence-electron chi connectivity index (χ2n) is 11.4. The average Bonchev–Trinajstić information content (AvgIpc) is 3.19. The van der Waals surface area contributed by atoms with Crippen LogP contribution in [0.5, 0.6) is 46.0 Å². The topological polar surface area (TPSA) is 284 Å².